The van der Waals surface area contributed by atoms with Crippen molar-refractivity contribution in [2.75, 3.05) is 13.6 Å². The molecule has 1 atom stereocenters. The molecule has 0 spiro atoms. The zero-order valence-electron chi connectivity index (χ0n) is 11.6. The summed E-state index contributed by atoms with van der Waals surface area (Å²) in [6.07, 6.45) is 3.84. The number of hydrogen-bond donors (Lipinski definition) is 0. The topological polar surface area (TPSA) is 21.1 Å². The van der Waals surface area contributed by atoms with E-state index in [1.807, 2.05) is 12.1 Å². The predicted octanol–water partition coefficient (Wildman–Crippen LogP) is 3.91. The predicted molar refractivity (Wildman–Crippen MR) is 84.6 cm³/mol. The van der Waals surface area contributed by atoms with E-state index >= 15 is 0 Å². The number of likely N-dealkylation sites (tertiary alicyclic amines) is 1. The molecule has 0 N–H and O–H groups in total. The van der Waals surface area contributed by atoms with E-state index in [9.17, 15) is 0 Å². The second kappa shape index (κ2) is 5.92. The van der Waals surface area contributed by atoms with Crippen LogP contribution in [0.3, 0.4) is 0 Å². The number of aromatic nitrogens is 2. The Kier molecular flexibility index (Phi) is 4.20. The summed E-state index contributed by atoms with van der Waals surface area (Å²) < 4.78 is 2.24. The molecule has 1 aromatic heterocycles. The minimum absolute atomic E-state index is 0.418. The fourth-order valence-corrected chi connectivity index (χ4v) is 3.47. The molecule has 0 radical (unpaired) electrons. The fourth-order valence-electron chi connectivity index (χ4n) is 3.05. The summed E-state index contributed by atoms with van der Waals surface area (Å²) >= 11 is 12.3. The van der Waals surface area contributed by atoms with Gasteiger partial charge < -0.3 is 9.47 Å². The van der Waals surface area contributed by atoms with Crippen LogP contribution in [0, 0.1) is 0 Å². The van der Waals surface area contributed by atoms with Crippen LogP contribution in [0.4, 0.5) is 0 Å². The number of imidazole rings is 1. The highest BCUT2D eigenvalue weighted by molar-refractivity contribution is 6.35. The van der Waals surface area contributed by atoms with Crippen LogP contribution < -0.4 is 0 Å². The number of nitrogens with zero attached hydrogens (tertiary/aromatic N) is 3. The molecule has 3 nitrogen and oxygen atoms in total. The Morgan fingerprint density at radius 1 is 1.35 bits per heavy atom. The molecular weight excluding hydrogens is 293 g/mol. The largest absolute Gasteiger partial charge is 0.325 e. The van der Waals surface area contributed by atoms with Crippen molar-refractivity contribution >= 4 is 34.2 Å². The third kappa shape index (κ3) is 2.54. The molecule has 0 saturated carbocycles. The lowest BCUT2D eigenvalue weighted by molar-refractivity contribution is 0.168. The minimum Gasteiger partial charge on any atom is -0.325 e. The standard InChI is InChI=1S/C15H19Cl2N3/c1-19-8-3-2-5-11(19)10-20-13-7-4-6-12(17)15(13)18-14(20)9-16/h4,6-7,11H,2-3,5,8-10H2,1H3. The molecule has 1 aromatic carbocycles. The Hall–Kier alpha value is -0.770. The van der Waals surface area contributed by atoms with Crippen LogP contribution in [0.2, 0.25) is 5.02 Å². The van der Waals surface area contributed by atoms with Crippen LogP contribution in [0.25, 0.3) is 11.0 Å². The number of para-hydroxylation sites is 1. The Labute approximate surface area is 129 Å². The van der Waals surface area contributed by atoms with Crippen LogP contribution in [0.5, 0.6) is 0 Å². The van der Waals surface area contributed by atoms with E-state index in [0.29, 0.717) is 16.9 Å². The van der Waals surface area contributed by atoms with Gasteiger partial charge in [-0.15, -0.1) is 11.6 Å². The van der Waals surface area contributed by atoms with Gasteiger partial charge in [0.15, 0.2) is 0 Å². The number of hydrogen-bond acceptors (Lipinski definition) is 2. The van der Waals surface area contributed by atoms with Gasteiger partial charge >= 0.3 is 0 Å². The van der Waals surface area contributed by atoms with Crippen molar-refractivity contribution in [3.63, 3.8) is 0 Å². The van der Waals surface area contributed by atoms with Crippen molar-refractivity contribution in [1.29, 1.82) is 0 Å². The first-order valence-electron chi connectivity index (χ1n) is 7.10. The highest BCUT2D eigenvalue weighted by Crippen LogP contribution is 2.26. The molecule has 20 heavy (non-hydrogen) atoms. The number of fused-ring (bicyclic) bond motifs is 1. The Morgan fingerprint density at radius 2 is 2.20 bits per heavy atom. The molecule has 1 aliphatic rings. The number of rotatable bonds is 3. The van der Waals surface area contributed by atoms with E-state index in [2.05, 4.69) is 27.6 Å². The molecule has 2 aromatic rings. The lowest BCUT2D eigenvalue weighted by Gasteiger charge is -2.33. The van der Waals surface area contributed by atoms with E-state index in [1.54, 1.807) is 0 Å². The van der Waals surface area contributed by atoms with E-state index in [1.165, 1.54) is 25.8 Å². The molecule has 5 heteroatoms. The van der Waals surface area contributed by atoms with Crippen molar-refractivity contribution in [1.82, 2.24) is 14.5 Å². The summed E-state index contributed by atoms with van der Waals surface area (Å²) in [5.41, 5.74) is 1.95. The number of halogens is 2. The number of alkyl halides is 1. The minimum atomic E-state index is 0.418. The van der Waals surface area contributed by atoms with Gasteiger partial charge in [-0.05, 0) is 38.6 Å². The zero-order chi connectivity index (χ0) is 14.1. The molecule has 0 amide bonds. The molecule has 0 aliphatic carbocycles. The summed E-state index contributed by atoms with van der Waals surface area (Å²) in [5, 5.41) is 0.699. The smallest absolute Gasteiger partial charge is 0.124 e. The summed E-state index contributed by atoms with van der Waals surface area (Å²) in [6.45, 7) is 2.11. The summed E-state index contributed by atoms with van der Waals surface area (Å²) in [7, 11) is 2.20. The van der Waals surface area contributed by atoms with Gasteiger partial charge in [-0.2, -0.15) is 0 Å². The van der Waals surface area contributed by atoms with Gasteiger partial charge in [-0.1, -0.05) is 24.1 Å². The van der Waals surface area contributed by atoms with Gasteiger partial charge in [0.05, 0.1) is 16.4 Å². The molecule has 1 saturated heterocycles. The summed E-state index contributed by atoms with van der Waals surface area (Å²) in [6, 6.07) is 6.49. The van der Waals surface area contributed by atoms with Crippen LogP contribution in [-0.4, -0.2) is 34.1 Å². The fraction of sp³-hybridized carbons (Fsp3) is 0.533. The maximum Gasteiger partial charge on any atom is 0.124 e. The Morgan fingerprint density at radius 3 is 2.95 bits per heavy atom. The quantitative estimate of drug-likeness (QED) is 0.801. The maximum atomic E-state index is 6.24. The van der Waals surface area contributed by atoms with E-state index in [4.69, 9.17) is 23.2 Å². The van der Waals surface area contributed by atoms with Crippen LogP contribution >= 0.6 is 23.2 Å². The third-order valence-electron chi connectivity index (χ3n) is 4.24. The van der Waals surface area contributed by atoms with E-state index in [-0.39, 0.29) is 0 Å². The third-order valence-corrected chi connectivity index (χ3v) is 4.79. The second-order valence-corrected chi connectivity index (χ2v) is 6.18. The molecule has 3 rings (SSSR count). The Balaban J connectivity index is 1.99. The lowest BCUT2D eigenvalue weighted by Crippen LogP contribution is -2.39. The van der Waals surface area contributed by atoms with Crippen molar-refractivity contribution in [3.8, 4) is 0 Å². The second-order valence-electron chi connectivity index (χ2n) is 5.51. The lowest BCUT2D eigenvalue weighted by atomic mass is 10.0. The average Bonchev–Trinajstić information content (AvgIpc) is 2.81. The summed E-state index contributed by atoms with van der Waals surface area (Å²) in [4.78, 5) is 7.04. The molecule has 0 bridgehead atoms. The number of piperidine rings is 1. The monoisotopic (exact) mass is 311 g/mol. The molecule has 108 valence electrons. The number of benzene rings is 1. The van der Waals surface area contributed by atoms with Crippen molar-refractivity contribution < 1.29 is 0 Å². The molecule has 1 unspecified atom stereocenters. The zero-order valence-corrected chi connectivity index (χ0v) is 13.2. The Bertz CT molecular complexity index is 608. The van der Waals surface area contributed by atoms with Crippen LogP contribution in [0.15, 0.2) is 18.2 Å². The first-order valence-corrected chi connectivity index (χ1v) is 8.02. The molecule has 2 heterocycles. The summed E-state index contributed by atoms with van der Waals surface area (Å²) in [5.74, 6) is 1.33. The van der Waals surface area contributed by atoms with Crippen molar-refractivity contribution in [2.24, 2.45) is 0 Å². The van der Waals surface area contributed by atoms with Gasteiger partial charge in [0.1, 0.15) is 11.3 Å². The van der Waals surface area contributed by atoms with E-state index in [0.717, 1.165) is 23.4 Å². The van der Waals surface area contributed by atoms with Gasteiger partial charge in [-0.3, -0.25) is 0 Å². The van der Waals surface area contributed by atoms with Crippen molar-refractivity contribution in [2.45, 2.75) is 37.7 Å². The average molecular weight is 312 g/mol. The highest BCUT2D eigenvalue weighted by atomic mass is 35.5. The maximum absolute atomic E-state index is 6.24. The molecular formula is C15H19Cl2N3. The number of likely N-dealkylation sites (N-methyl/N-ethyl adjacent to an activating group) is 1. The van der Waals surface area contributed by atoms with Gasteiger partial charge in [0, 0.05) is 12.6 Å². The SMILES string of the molecule is CN1CCCCC1Cn1c(CCl)nc2c(Cl)cccc21. The molecule has 1 aliphatic heterocycles. The molecule has 1 fully saturated rings. The first-order chi connectivity index (χ1) is 9.70. The van der Waals surface area contributed by atoms with Gasteiger partial charge in [0.25, 0.3) is 0 Å². The van der Waals surface area contributed by atoms with Gasteiger partial charge in [-0.25, -0.2) is 4.98 Å². The van der Waals surface area contributed by atoms with Gasteiger partial charge in [0.2, 0.25) is 0 Å². The van der Waals surface area contributed by atoms with Crippen LogP contribution in [0.1, 0.15) is 25.1 Å². The van der Waals surface area contributed by atoms with E-state index < -0.39 is 0 Å². The van der Waals surface area contributed by atoms with Crippen molar-refractivity contribution in [3.05, 3.63) is 29.0 Å². The van der Waals surface area contributed by atoms with Crippen LogP contribution in [-0.2, 0) is 12.4 Å². The highest BCUT2D eigenvalue weighted by Gasteiger charge is 2.22. The first kappa shape index (κ1) is 14.2. The normalized spacial score (nSPS) is 20.6.